The maximum Gasteiger partial charge on any atom is 0.296 e. The molecule has 0 aliphatic carbocycles. The molecule has 4 heteroatoms. The van der Waals surface area contributed by atoms with Gasteiger partial charge in [0.15, 0.2) is 0 Å². The quantitative estimate of drug-likeness (QED) is 0.516. The number of ketones is 1. The van der Waals surface area contributed by atoms with E-state index >= 15 is 0 Å². The van der Waals surface area contributed by atoms with Crippen molar-refractivity contribution >= 4 is 23.1 Å². The van der Waals surface area contributed by atoms with Crippen molar-refractivity contribution in [3.8, 4) is 0 Å². The molecule has 0 saturated heterocycles. The molecule has 0 saturated carbocycles. The second-order valence-electron chi connectivity index (χ2n) is 5.03. The van der Waals surface area contributed by atoms with Crippen LogP contribution in [0.15, 0.2) is 54.6 Å². The van der Waals surface area contributed by atoms with Crippen LogP contribution in [0.5, 0.6) is 0 Å². The zero-order chi connectivity index (χ0) is 16.1. The monoisotopic (exact) mass is 295 g/mol. The number of amides is 1. The third kappa shape index (κ3) is 3.82. The van der Waals surface area contributed by atoms with Crippen molar-refractivity contribution in [3.63, 3.8) is 0 Å². The summed E-state index contributed by atoms with van der Waals surface area (Å²) in [5.41, 5.74) is 3.01. The topological polar surface area (TPSA) is 66.4 Å². The Kier molecular flexibility index (Phi) is 4.73. The summed E-state index contributed by atoms with van der Waals surface area (Å²) in [5.74, 6) is -1.82. The normalized spacial score (nSPS) is 11.1. The van der Waals surface area contributed by atoms with Crippen molar-refractivity contribution in [1.82, 2.24) is 0 Å². The van der Waals surface area contributed by atoms with Gasteiger partial charge in [-0.3, -0.25) is 9.59 Å². The fraction of sp³-hybridized carbons (Fsp3) is 0.111. The van der Waals surface area contributed by atoms with Gasteiger partial charge in [0.05, 0.1) is 0 Å². The van der Waals surface area contributed by atoms with E-state index in [1.54, 1.807) is 36.4 Å². The Morgan fingerprint density at radius 2 is 1.73 bits per heavy atom. The first-order valence-corrected chi connectivity index (χ1v) is 6.86. The van der Waals surface area contributed by atoms with Crippen LogP contribution >= 0.6 is 0 Å². The number of anilines is 1. The SMILES string of the molecule is Cc1ccc(NC(=O)C(=O)C=C(O)c2ccccc2)c(C)c1. The van der Waals surface area contributed by atoms with Crippen molar-refractivity contribution in [2.45, 2.75) is 13.8 Å². The van der Waals surface area contributed by atoms with E-state index in [4.69, 9.17) is 0 Å². The highest BCUT2D eigenvalue weighted by Gasteiger charge is 2.14. The van der Waals surface area contributed by atoms with E-state index in [9.17, 15) is 14.7 Å². The Bertz CT molecular complexity index is 733. The van der Waals surface area contributed by atoms with Gasteiger partial charge in [0, 0.05) is 17.3 Å². The molecule has 2 N–H and O–H groups in total. The molecule has 0 aliphatic heterocycles. The predicted octanol–water partition coefficient (Wildman–Crippen LogP) is 3.41. The van der Waals surface area contributed by atoms with Gasteiger partial charge < -0.3 is 10.4 Å². The first-order valence-electron chi connectivity index (χ1n) is 6.86. The van der Waals surface area contributed by atoms with Crippen LogP contribution in [0.4, 0.5) is 5.69 Å². The first-order chi connectivity index (χ1) is 10.5. The number of aliphatic hydroxyl groups is 1. The van der Waals surface area contributed by atoms with Gasteiger partial charge in [0.1, 0.15) is 5.76 Å². The van der Waals surface area contributed by atoms with Gasteiger partial charge in [-0.15, -0.1) is 0 Å². The highest BCUT2D eigenvalue weighted by molar-refractivity contribution is 6.45. The molecule has 0 heterocycles. The van der Waals surface area contributed by atoms with E-state index in [0.29, 0.717) is 11.3 Å². The lowest BCUT2D eigenvalue weighted by Crippen LogP contribution is -2.21. The van der Waals surface area contributed by atoms with Gasteiger partial charge in [-0.1, -0.05) is 48.0 Å². The summed E-state index contributed by atoms with van der Waals surface area (Å²) in [6, 6.07) is 14.1. The third-order valence-corrected chi connectivity index (χ3v) is 3.19. The predicted molar refractivity (Wildman–Crippen MR) is 86.6 cm³/mol. The van der Waals surface area contributed by atoms with Gasteiger partial charge in [-0.2, -0.15) is 0 Å². The molecule has 0 atom stereocenters. The van der Waals surface area contributed by atoms with Crippen molar-refractivity contribution in [2.75, 3.05) is 5.32 Å². The molecule has 2 aromatic carbocycles. The maximum atomic E-state index is 11.9. The van der Waals surface area contributed by atoms with E-state index in [2.05, 4.69) is 5.32 Å². The van der Waals surface area contributed by atoms with Crippen LogP contribution < -0.4 is 5.32 Å². The van der Waals surface area contributed by atoms with Gasteiger partial charge in [0.2, 0.25) is 5.78 Å². The third-order valence-electron chi connectivity index (χ3n) is 3.19. The smallest absolute Gasteiger partial charge is 0.296 e. The van der Waals surface area contributed by atoms with Crippen LogP contribution in [0, 0.1) is 13.8 Å². The van der Waals surface area contributed by atoms with Gasteiger partial charge in [-0.05, 0) is 25.5 Å². The molecular weight excluding hydrogens is 278 g/mol. The lowest BCUT2D eigenvalue weighted by Gasteiger charge is -2.07. The molecule has 0 fully saturated rings. The average Bonchev–Trinajstić information content (AvgIpc) is 2.50. The van der Waals surface area contributed by atoms with Crippen molar-refractivity contribution in [2.24, 2.45) is 0 Å². The molecule has 2 aromatic rings. The molecular formula is C18H17NO3. The summed E-state index contributed by atoms with van der Waals surface area (Å²) in [4.78, 5) is 23.8. The molecule has 1 amide bonds. The fourth-order valence-corrected chi connectivity index (χ4v) is 2.02. The average molecular weight is 295 g/mol. The number of carbonyl (C=O) groups is 2. The molecule has 0 aliphatic rings. The summed E-state index contributed by atoms with van der Waals surface area (Å²) in [6.07, 6.45) is 0.925. The summed E-state index contributed by atoms with van der Waals surface area (Å²) < 4.78 is 0. The molecule has 0 spiro atoms. The summed E-state index contributed by atoms with van der Waals surface area (Å²) in [7, 11) is 0. The molecule has 22 heavy (non-hydrogen) atoms. The minimum Gasteiger partial charge on any atom is -0.507 e. The van der Waals surface area contributed by atoms with Crippen LogP contribution in [0.2, 0.25) is 0 Å². The Morgan fingerprint density at radius 3 is 2.36 bits per heavy atom. The summed E-state index contributed by atoms with van der Waals surface area (Å²) in [5, 5.41) is 12.4. The highest BCUT2D eigenvalue weighted by atomic mass is 16.3. The molecule has 4 nitrogen and oxygen atoms in total. The van der Waals surface area contributed by atoms with Crippen LogP contribution in [0.25, 0.3) is 5.76 Å². The first kappa shape index (κ1) is 15.5. The van der Waals surface area contributed by atoms with Crippen LogP contribution in [-0.4, -0.2) is 16.8 Å². The van der Waals surface area contributed by atoms with E-state index < -0.39 is 11.7 Å². The zero-order valence-corrected chi connectivity index (χ0v) is 12.5. The molecule has 2 rings (SSSR count). The van der Waals surface area contributed by atoms with E-state index in [0.717, 1.165) is 17.2 Å². The number of carbonyl (C=O) groups excluding carboxylic acids is 2. The van der Waals surface area contributed by atoms with E-state index in [1.165, 1.54) is 0 Å². The number of hydrogen-bond donors (Lipinski definition) is 2. The minimum absolute atomic E-state index is 0.235. The number of benzene rings is 2. The number of aryl methyl sites for hydroxylation is 2. The van der Waals surface area contributed by atoms with Crippen LogP contribution in [0.1, 0.15) is 16.7 Å². The Hall–Kier alpha value is -2.88. The van der Waals surface area contributed by atoms with Crippen molar-refractivity contribution in [3.05, 3.63) is 71.3 Å². The van der Waals surface area contributed by atoms with Crippen molar-refractivity contribution < 1.29 is 14.7 Å². The van der Waals surface area contributed by atoms with Crippen LogP contribution in [0.3, 0.4) is 0 Å². The van der Waals surface area contributed by atoms with E-state index in [-0.39, 0.29) is 5.76 Å². The number of aliphatic hydroxyl groups excluding tert-OH is 1. The Balaban J connectivity index is 2.11. The second kappa shape index (κ2) is 6.72. The summed E-state index contributed by atoms with van der Waals surface area (Å²) in [6.45, 7) is 3.80. The van der Waals surface area contributed by atoms with E-state index in [1.807, 2.05) is 26.0 Å². The molecule has 112 valence electrons. The number of nitrogens with one attached hydrogen (secondary N) is 1. The van der Waals surface area contributed by atoms with Gasteiger partial charge >= 0.3 is 0 Å². The van der Waals surface area contributed by atoms with Gasteiger partial charge in [0.25, 0.3) is 5.91 Å². The Morgan fingerprint density at radius 1 is 1.05 bits per heavy atom. The lowest BCUT2D eigenvalue weighted by molar-refractivity contribution is -0.131. The maximum absolute atomic E-state index is 11.9. The molecule has 0 unspecified atom stereocenters. The number of rotatable bonds is 4. The zero-order valence-electron chi connectivity index (χ0n) is 12.5. The standard InChI is InChI=1S/C18H17NO3/c1-12-8-9-15(13(2)10-12)19-18(22)17(21)11-16(20)14-6-4-3-5-7-14/h3-11,20H,1-2H3,(H,19,22). The van der Waals surface area contributed by atoms with Gasteiger partial charge in [-0.25, -0.2) is 0 Å². The van der Waals surface area contributed by atoms with Crippen molar-refractivity contribution in [1.29, 1.82) is 0 Å². The molecule has 0 aromatic heterocycles. The largest absolute Gasteiger partial charge is 0.507 e. The summed E-state index contributed by atoms with van der Waals surface area (Å²) >= 11 is 0. The van der Waals surface area contributed by atoms with Crippen LogP contribution in [-0.2, 0) is 9.59 Å². The second-order valence-corrected chi connectivity index (χ2v) is 5.03. The Labute approximate surface area is 129 Å². The lowest BCUT2D eigenvalue weighted by atomic mass is 10.1. The fourth-order valence-electron chi connectivity index (χ4n) is 2.02. The minimum atomic E-state index is -0.804. The molecule has 0 radical (unpaired) electrons. The molecule has 0 bridgehead atoms. The highest BCUT2D eigenvalue weighted by Crippen LogP contribution is 2.16. The number of hydrogen-bond acceptors (Lipinski definition) is 3.